The summed E-state index contributed by atoms with van der Waals surface area (Å²) in [5, 5.41) is 7.60. The summed E-state index contributed by atoms with van der Waals surface area (Å²) >= 11 is 3.80. The van der Waals surface area contributed by atoms with Gasteiger partial charge in [0, 0.05) is 21.2 Å². The minimum atomic E-state index is 1.12. The van der Waals surface area contributed by atoms with E-state index in [9.17, 15) is 0 Å². The summed E-state index contributed by atoms with van der Waals surface area (Å²) in [5.74, 6) is 0. The molecule has 8 aromatic carbocycles. The van der Waals surface area contributed by atoms with E-state index < -0.39 is 0 Å². The second kappa shape index (κ2) is 10.2. The fourth-order valence-electron chi connectivity index (χ4n) is 6.24. The largest absolute Gasteiger partial charge is 0.310 e. The van der Waals surface area contributed by atoms with Crippen molar-refractivity contribution < 1.29 is 0 Å². The minimum Gasteiger partial charge on any atom is -0.310 e. The van der Waals surface area contributed by atoms with Gasteiger partial charge < -0.3 is 4.90 Å². The van der Waals surface area contributed by atoms with Crippen LogP contribution < -0.4 is 4.90 Å². The number of rotatable bonds is 5. The van der Waals surface area contributed by atoms with Gasteiger partial charge in [-0.15, -0.1) is 0 Å². The molecular formula is C40H26BrN. The molecule has 0 amide bonds. The first-order valence-corrected chi connectivity index (χ1v) is 15.0. The van der Waals surface area contributed by atoms with Crippen LogP contribution in [-0.4, -0.2) is 0 Å². The number of benzene rings is 8. The Morgan fingerprint density at radius 1 is 0.357 bits per heavy atom. The van der Waals surface area contributed by atoms with Gasteiger partial charge in [-0.25, -0.2) is 0 Å². The van der Waals surface area contributed by atoms with Crippen molar-refractivity contribution in [2.45, 2.75) is 0 Å². The summed E-state index contributed by atoms with van der Waals surface area (Å²) in [5.41, 5.74) is 8.26. The molecule has 0 heterocycles. The van der Waals surface area contributed by atoms with Gasteiger partial charge in [0.05, 0.1) is 5.69 Å². The molecule has 0 unspecified atom stereocenters. The van der Waals surface area contributed by atoms with Gasteiger partial charge in [-0.2, -0.15) is 0 Å². The van der Waals surface area contributed by atoms with Crippen LogP contribution in [0.2, 0.25) is 0 Å². The maximum atomic E-state index is 3.80. The molecule has 0 bridgehead atoms. The highest BCUT2D eigenvalue weighted by molar-refractivity contribution is 9.10. The number of hydrogen-bond donors (Lipinski definition) is 0. The normalized spacial score (nSPS) is 11.5. The van der Waals surface area contributed by atoms with E-state index in [-0.39, 0.29) is 0 Å². The molecule has 8 rings (SSSR count). The van der Waals surface area contributed by atoms with Gasteiger partial charge in [0.25, 0.3) is 0 Å². The van der Waals surface area contributed by atoms with Crippen LogP contribution in [0.1, 0.15) is 0 Å². The number of nitrogens with zero attached hydrogens (tertiary/aromatic N) is 1. The van der Waals surface area contributed by atoms with Gasteiger partial charge in [-0.3, -0.25) is 0 Å². The van der Waals surface area contributed by atoms with Crippen LogP contribution >= 0.6 is 15.9 Å². The Kier molecular flexibility index (Phi) is 6.01. The molecule has 8 aromatic rings. The van der Waals surface area contributed by atoms with Crippen LogP contribution in [0, 0.1) is 0 Å². The Morgan fingerprint density at radius 3 is 1.33 bits per heavy atom. The highest BCUT2D eigenvalue weighted by Gasteiger charge is 2.19. The van der Waals surface area contributed by atoms with Crippen molar-refractivity contribution in [2.75, 3.05) is 4.90 Å². The average molecular weight is 601 g/mol. The number of halogens is 1. The van der Waals surface area contributed by atoms with E-state index in [1.807, 2.05) is 0 Å². The summed E-state index contributed by atoms with van der Waals surface area (Å²) in [6.07, 6.45) is 0. The van der Waals surface area contributed by atoms with Crippen LogP contribution in [0.15, 0.2) is 162 Å². The maximum Gasteiger partial charge on any atom is 0.0540 e. The summed E-state index contributed by atoms with van der Waals surface area (Å²) < 4.78 is 1.12. The average Bonchev–Trinajstić information content (AvgIpc) is 3.06. The third-order valence-corrected chi connectivity index (χ3v) is 8.99. The Hall–Kier alpha value is -4.92. The predicted octanol–water partition coefficient (Wildman–Crippen LogP) is 12.2. The van der Waals surface area contributed by atoms with Crippen molar-refractivity contribution in [2.24, 2.45) is 0 Å². The highest BCUT2D eigenvalue weighted by atomic mass is 79.9. The van der Waals surface area contributed by atoms with Crippen molar-refractivity contribution in [1.82, 2.24) is 0 Å². The Labute approximate surface area is 253 Å². The Morgan fingerprint density at radius 2 is 0.786 bits per heavy atom. The van der Waals surface area contributed by atoms with Gasteiger partial charge in [-0.05, 0) is 85.6 Å². The van der Waals surface area contributed by atoms with E-state index in [1.54, 1.807) is 0 Å². The zero-order valence-electron chi connectivity index (χ0n) is 22.8. The molecule has 198 valence electrons. The van der Waals surface area contributed by atoms with Crippen molar-refractivity contribution in [1.29, 1.82) is 0 Å². The molecular weight excluding hydrogens is 574 g/mol. The third-order valence-electron chi connectivity index (χ3n) is 8.29. The minimum absolute atomic E-state index is 1.12. The molecule has 0 radical (unpaired) electrons. The van der Waals surface area contributed by atoms with Crippen molar-refractivity contribution >= 4 is 65.3 Å². The monoisotopic (exact) mass is 599 g/mol. The SMILES string of the molecule is Brc1ccc2ccc3c(N(c4ccc(-c5ccccc5)cc4)c4ccc(-c5ccccc5)cc4)ccc4ccc1c2c43. The Balaban J connectivity index is 1.34. The van der Waals surface area contributed by atoms with Gasteiger partial charge in [0.1, 0.15) is 0 Å². The van der Waals surface area contributed by atoms with Crippen LogP contribution in [-0.2, 0) is 0 Å². The molecule has 2 heteroatoms. The zero-order chi connectivity index (χ0) is 28.0. The maximum absolute atomic E-state index is 3.80. The van der Waals surface area contributed by atoms with E-state index in [0.717, 1.165) is 21.5 Å². The first-order chi connectivity index (χ1) is 20.7. The summed E-state index contributed by atoms with van der Waals surface area (Å²) in [6.45, 7) is 0. The molecule has 0 aliphatic heterocycles. The molecule has 0 aromatic heterocycles. The summed E-state index contributed by atoms with van der Waals surface area (Å²) in [4.78, 5) is 2.39. The van der Waals surface area contributed by atoms with E-state index >= 15 is 0 Å². The van der Waals surface area contributed by atoms with Gasteiger partial charge in [0.2, 0.25) is 0 Å². The lowest BCUT2D eigenvalue weighted by molar-refractivity contribution is 1.30. The first kappa shape index (κ1) is 24.8. The molecule has 0 saturated carbocycles. The molecule has 0 saturated heterocycles. The number of anilines is 3. The molecule has 0 aliphatic rings. The second-order valence-electron chi connectivity index (χ2n) is 10.7. The van der Waals surface area contributed by atoms with Gasteiger partial charge in [-0.1, -0.05) is 137 Å². The summed E-state index contributed by atoms with van der Waals surface area (Å²) in [7, 11) is 0. The molecule has 0 spiro atoms. The fourth-order valence-corrected chi connectivity index (χ4v) is 6.70. The van der Waals surface area contributed by atoms with Crippen LogP contribution in [0.3, 0.4) is 0 Å². The van der Waals surface area contributed by atoms with E-state index in [1.165, 1.54) is 54.6 Å². The standard InChI is InChI=1S/C40H26BrN/c41-37-25-17-31-16-24-36-38(26-18-32-15-23-35(37)39(31)40(32)36)42(33-19-11-29(12-20-33)27-7-3-1-4-8-27)34-21-13-30(14-22-34)28-9-5-2-6-10-28/h1-26H. The lowest BCUT2D eigenvalue weighted by Gasteiger charge is -2.28. The molecule has 0 N–H and O–H groups in total. The third kappa shape index (κ3) is 4.15. The molecule has 0 fully saturated rings. The fraction of sp³-hybridized carbons (Fsp3) is 0. The smallest absolute Gasteiger partial charge is 0.0540 e. The lowest BCUT2D eigenvalue weighted by atomic mass is 9.93. The summed E-state index contributed by atoms with van der Waals surface area (Å²) in [6, 6.07) is 56.9. The van der Waals surface area contributed by atoms with Crippen molar-refractivity contribution in [3.63, 3.8) is 0 Å². The van der Waals surface area contributed by atoms with Crippen molar-refractivity contribution in [3.05, 3.63) is 162 Å². The van der Waals surface area contributed by atoms with E-state index in [2.05, 4.69) is 179 Å². The Bertz CT molecular complexity index is 2080. The van der Waals surface area contributed by atoms with Crippen LogP contribution in [0.5, 0.6) is 0 Å². The van der Waals surface area contributed by atoms with Crippen LogP contribution in [0.4, 0.5) is 17.1 Å². The van der Waals surface area contributed by atoms with E-state index in [0.29, 0.717) is 0 Å². The van der Waals surface area contributed by atoms with Crippen LogP contribution in [0.25, 0.3) is 54.6 Å². The second-order valence-corrected chi connectivity index (χ2v) is 11.6. The predicted molar refractivity (Wildman–Crippen MR) is 183 cm³/mol. The van der Waals surface area contributed by atoms with Crippen molar-refractivity contribution in [3.8, 4) is 22.3 Å². The number of hydrogen-bond acceptors (Lipinski definition) is 1. The quantitative estimate of drug-likeness (QED) is 0.178. The van der Waals surface area contributed by atoms with Gasteiger partial charge in [0.15, 0.2) is 0 Å². The zero-order valence-corrected chi connectivity index (χ0v) is 24.4. The molecule has 1 nitrogen and oxygen atoms in total. The topological polar surface area (TPSA) is 3.24 Å². The van der Waals surface area contributed by atoms with E-state index in [4.69, 9.17) is 0 Å². The van der Waals surface area contributed by atoms with Gasteiger partial charge >= 0.3 is 0 Å². The molecule has 42 heavy (non-hydrogen) atoms. The highest BCUT2D eigenvalue weighted by Crippen LogP contribution is 2.45. The molecule has 0 aliphatic carbocycles. The molecule has 0 atom stereocenters. The lowest BCUT2D eigenvalue weighted by Crippen LogP contribution is -2.10. The first-order valence-electron chi connectivity index (χ1n) is 14.2.